The molecule has 1 unspecified atom stereocenters. The van der Waals surface area contributed by atoms with Crippen molar-refractivity contribution >= 4 is 5.69 Å². The maximum Gasteiger partial charge on any atom is 0.190 e. The minimum Gasteiger partial charge on any atom is -0.388 e. The zero-order chi connectivity index (χ0) is 8.55. The number of aliphatic hydroxyl groups is 1. The second kappa shape index (κ2) is 2.62. The molecule has 0 spiro atoms. The first-order valence-electron chi connectivity index (χ1n) is 4.00. The van der Waals surface area contributed by atoms with Crippen LogP contribution in [-0.2, 0) is 6.42 Å². The third kappa shape index (κ3) is 0.910. The van der Waals surface area contributed by atoms with Crippen molar-refractivity contribution in [3.05, 3.63) is 40.7 Å². The number of fused-ring (bicyclic) bond motifs is 1. The van der Waals surface area contributed by atoms with Crippen molar-refractivity contribution < 1.29 is 5.11 Å². The van der Waals surface area contributed by atoms with Gasteiger partial charge in [-0.05, 0) is 24.0 Å². The van der Waals surface area contributed by atoms with Crippen LogP contribution in [0.25, 0.3) is 4.85 Å². The molecule has 2 rings (SSSR count). The molecule has 0 aliphatic heterocycles. The number of benzene rings is 1. The van der Waals surface area contributed by atoms with Crippen molar-refractivity contribution in [3.8, 4) is 0 Å². The van der Waals surface area contributed by atoms with Crippen LogP contribution in [-0.4, -0.2) is 5.11 Å². The summed E-state index contributed by atoms with van der Waals surface area (Å²) in [5.74, 6) is 0. The largest absolute Gasteiger partial charge is 0.388 e. The van der Waals surface area contributed by atoms with Crippen LogP contribution in [0.15, 0.2) is 18.2 Å². The van der Waals surface area contributed by atoms with Crippen LogP contribution >= 0.6 is 0 Å². The van der Waals surface area contributed by atoms with E-state index >= 15 is 0 Å². The van der Waals surface area contributed by atoms with Crippen LogP contribution in [0.2, 0.25) is 0 Å². The van der Waals surface area contributed by atoms with Crippen LogP contribution < -0.4 is 0 Å². The molecule has 1 aromatic carbocycles. The summed E-state index contributed by atoms with van der Waals surface area (Å²) in [6.07, 6.45) is 1.26. The summed E-state index contributed by atoms with van der Waals surface area (Å²) >= 11 is 0. The van der Waals surface area contributed by atoms with Crippen LogP contribution in [0.1, 0.15) is 23.7 Å². The topological polar surface area (TPSA) is 24.6 Å². The fraction of sp³-hybridized carbons (Fsp3) is 0.300. The van der Waals surface area contributed by atoms with E-state index in [1.165, 1.54) is 0 Å². The number of aliphatic hydroxyl groups excluding tert-OH is 1. The molecule has 12 heavy (non-hydrogen) atoms. The van der Waals surface area contributed by atoms with E-state index in [0.29, 0.717) is 5.69 Å². The number of nitrogens with zero attached hydrogens (tertiary/aromatic N) is 1. The van der Waals surface area contributed by atoms with Crippen LogP contribution in [0.5, 0.6) is 0 Å². The molecular formula is C10H9NO. The molecule has 0 bridgehead atoms. The van der Waals surface area contributed by atoms with E-state index in [-0.39, 0.29) is 6.10 Å². The van der Waals surface area contributed by atoms with Crippen LogP contribution in [0, 0.1) is 6.57 Å². The lowest BCUT2D eigenvalue weighted by Gasteiger charge is -2.03. The van der Waals surface area contributed by atoms with E-state index in [2.05, 4.69) is 4.85 Å². The predicted octanol–water partition coefficient (Wildman–Crippen LogP) is 2.22. The van der Waals surface area contributed by atoms with Gasteiger partial charge in [0, 0.05) is 0 Å². The van der Waals surface area contributed by atoms with E-state index in [9.17, 15) is 5.11 Å². The first-order chi connectivity index (χ1) is 5.83. The molecular weight excluding hydrogens is 150 g/mol. The van der Waals surface area contributed by atoms with Gasteiger partial charge in [-0.1, -0.05) is 18.2 Å². The first-order valence-corrected chi connectivity index (χ1v) is 4.00. The maximum atomic E-state index is 9.50. The third-order valence-corrected chi connectivity index (χ3v) is 2.33. The lowest BCUT2D eigenvalue weighted by Crippen LogP contribution is -1.88. The van der Waals surface area contributed by atoms with Crippen molar-refractivity contribution in [2.75, 3.05) is 0 Å². The molecule has 60 valence electrons. The molecule has 0 aromatic heterocycles. The average Bonchev–Trinajstić information content (AvgIpc) is 2.48. The molecule has 0 saturated heterocycles. The molecule has 0 amide bonds. The molecule has 2 heteroatoms. The Morgan fingerprint density at radius 1 is 1.50 bits per heavy atom. The SMILES string of the molecule is [C-]#[N+]c1cccc2c1CCC2O. The maximum absolute atomic E-state index is 9.50. The average molecular weight is 159 g/mol. The quantitative estimate of drug-likeness (QED) is 0.577. The lowest BCUT2D eigenvalue weighted by atomic mass is 10.1. The van der Waals surface area contributed by atoms with Gasteiger partial charge in [-0.25, -0.2) is 4.85 Å². The molecule has 0 radical (unpaired) electrons. The van der Waals surface area contributed by atoms with Gasteiger partial charge >= 0.3 is 0 Å². The smallest absolute Gasteiger partial charge is 0.190 e. The molecule has 1 N–H and O–H groups in total. The molecule has 1 aliphatic rings. The normalized spacial score (nSPS) is 20.2. The van der Waals surface area contributed by atoms with E-state index in [1.807, 2.05) is 18.2 Å². The molecule has 1 aliphatic carbocycles. The summed E-state index contributed by atoms with van der Waals surface area (Å²) in [7, 11) is 0. The fourth-order valence-corrected chi connectivity index (χ4v) is 1.72. The van der Waals surface area contributed by atoms with Gasteiger partial charge in [-0.15, -0.1) is 0 Å². The molecule has 1 atom stereocenters. The highest BCUT2D eigenvalue weighted by molar-refractivity contribution is 5.57. The fourth-order valence-electron chi connectivity index (χ4n) is 1.72. The highest BCUT2D eigenvalue weighted by Crippen LogP contribution is 2.36. The Morgan fingerprint density at radius 2 is 2.33 bits per heavy atom. The minimum absolute atomic E-state index is 0.346. The summed E-state index contributed by atoms with van der Waals surface area (Å²) in [5.41, 5.74) is 2.69. The summed E-state index contributed by atoms with van der Waals surface area (Å²) in [6.45, 7) is 6.92. The summed E-state index contributed by atoms with van der Waals surface area (Å²) in [6, 6.07) is 5.55. The predicted molar refractivity (Wildman–Crippen MR) is 46.0 cm³/mol. The Bertz CT molecular complexity index is 351. The number of hydrogen-bond acceptors (Lipinski definition) is 1. The standard InChI is InChI=1S/C10H9NO/c1-11-9-4-2-3-8-7(9)5-6-10(8)12/h2-4,10,12H,5-6H2. The third-order valence-electron chi connectivity index (χ3n) is 2.33. The zero-order valence-electron chi connectivity index (χ0n) is 6.62. The van der Waals surface area contributed by atoms with Gasteiger partial charge in [0.05, 0.1) is 12.7 Å². The van der Waals surface area contributed by atoms with E-state index in [0.717, 1.165) is 24.0 Å². The molecule has 0 heterocycles. The van der Waals surface area contributed by atoms with E-state index in [1.54, 1.807) is 0 Å². The Morgan fingerprint density at radius 3 is 3.08 bits per heavy atom. The van der Waals surface area contributed by atoms with E-state index < -0.39 is 0 Å². The zero-order valence-corrected chi connectivity index (χ0v) is 6.62. The molecule has 0 fully saturated rings. The van der Waals surface area contributed by atoms with Gasteiger partial charge in [0.25, 0.3) is 0 Å². The number of hydrogen-bond donors (Lipinski definition) is 1. The van der Waals surface area contributed by atoms with Crippen molar-refractivity contribution in [1.29, 1.82) is 0 Å². The van der Waals surface area contributed by atoms with Crippen molar-refractivity contribution in [3.63, 3.8) is 0 Å². The Balaban J connectivity index is 2.60. The van der Waals surface area contributed by atoms with Gasteiger partial charge in [-0.3, -0.25) is 0 Å². The van der Waals surface area contributed by atoms with Gasteiger partial charge in [0.15, 0.2) is 5.69 Å². The van der Waals surface area contributed by atoms with Crippen LogP contribution in [0.4, 0.5) is 5.69 Å². The van der Waals surface area contributed by atoms with Crippen molar-refractivity contribution in [2.24, 2.45) is 0 Å². The van der Waals surface area contributed by atoms with Gasteiger partial charge in [-0.2, -0.15) is 0 Å². The Hall–Kier alpha value is -1.33. The highest BCUT2D eigenvalue weighted by atomic mass is 16.3. The second-order valence-electron chi connectivity index (χ2n) is 3.01. The van der Waals surface area contributed by atoms with E-state index in [4.69, 9.17) is 6.57 Å². The van der Waals surface area contributed by atoms with Crippen molar-refractivity contribution in [2.45, 2.75) is 18.9 Å². The first kappa shape index (κ1) is 7.33. The van der Waals surface area contributed by atoms with Gasteiger partial charge in [0.2, 0.25) is 0 Å². The number of rotatable bonds is 0. The summed E-state index contributed by atoms with van der Waals surface area (Å²) < 4.78 is 0. The minimum atomic E-state index is -0.346. The monoisotopic (exact) mass is 159 g/mol. The Kier molecular flexibility index (Phi) is 1.60. The molecule has 0 saturated carbocycles. The van der Waals surface area contributed by atoms with Crippen LogP contribution in [0.3, 0.4) is 0 Å². The lowest BCUT2D eigenvalue weighted by molar-refractivity contribution is 0.180. The molecule has 1 aromatic rings. The molecule has 2 nitrogen and oxygen atoms in total. The second-order valence-corrected chi connectivity index (χ2v) is 3.01. The summed E-state index contributed by atoms with van der Waals surface area (Å²) in [5, 5.41) is 9.50. The summed E-state index contributed by atoms with van der Waals surface area (Å²) in [4.78, 5) is 3.42. The van der Waals surface area contributed by atoms with Crippen molar-refractivity contribution in [1.82, 2.24) is 0 Å². The Labute approximate surface area is 71.3 Å². The van der Waals surface area contributed by atoms with Gasteiger partial charge in [0.1, 0.15) is 0 Å². The van der Waals surface area contributed by atoms with Gasteiger partial charge < -0.3 is 5.11 Å². The highest BCUT2D eigenvalue weighted by Gasteiger charge is 2.21.